The lowest BCUT2D eigenvalue weighted by Gasteiger charge is -2.18. The molecule has 4 rings (SSSR count). The van der Waals surface area contributed by atoms with Crippen LogP contribution in [0.4, 0.5) is 5.69 Å². The minimum Gasteiger partial charge on any atom is -0.465 e. The number of methoxy groups -OCH3 is 1. The fraction of sp³-hybridized carbons (Fsp3) is 0.190. The van der Waals surface area contributed by atoms with Crippen molar-refractivity contribution in [1.82, 2.24) is 4.98 Å². The van der Waals surface area contributed by atoms with Crippen LogP contribution >= 0.6 is 11.3 Å². The normalized spacial score (nSPS) is 12.7. The van der Waals surface area contributed by atoms with Crippen molar-refractivity contribution in [3.05, 3.63) is 70.2 Å². The molecule has 0 saturated heterocycles. The quantitative estimate of drug-likeness (QED) is 0.644. The first-order valence-electron chi connectivity index (χ1n) is 8.63. The summed E-state index contributed by atoms with van der Waals surface area (Å²) in [5.74, 6) is -0.436. The van der Waals surface area contributed by atoms with Gasteiger partial charge in [0.25, 0.3) is 5.91 Å². The summed E-state index contributed by atoms with van der Waals surface area (Å²) in [4.78, 5) is 32.3. The lowest BCUT2D eigenvalue weighted by Crippen LogP contribution is -2.29. The molecule has 0 unspecified atom stereocenters. The molecule has 1 aromatic carbocycles. The van der Waals surface area contributed by atoms with E-state index < -0.39 is 0 Å². The van der Waals surface area contributed by atoms with Crippen molar-refractivity contribution >= 4 is 28.9 Å². The molecule has 27 heavy (non-hydrogen) atoms. The van der Waals surface area contributed by atoms with Crippen molar-refractivity contribution in [2.45, 2.75) is 13.3 Å². The van der Waals surface area contributed by atoms with Crippen LogP contribution in [0.1, 0.15) is 32.0 Å². The summed E-state index contributed by atoms with van der Waals surface area (Å²) in [6.07, 6.45) is 0.714. The Morgan fingerprint density at radius 2 is 2.04 bits per heavy atom. The molecule has 1 amide bonds. The highest BCUT2D eigenvalue weighted by molar-refractivity contribution is 7.13. The second-order valence-corrected chi connectivity index (χ2v) is 7.30. The lowest BCUT2D eigenvalue weighted by molar-refractivity contribution is 0.0600. The number of carbonyl (C=O) groups excluding carboxylic acids is 2. The maximum absolute atomic E-state index is 13.1. The van der Waals surface area contributed by atoms with Crippen LogP contribution in [-0.2, 0) is 11.2 Å². The number of rotatable bonds is 3. The SMILES string of the molecule is COC(=O)c1ccc2c(c1)CCN2C(=O)c1ccc(-c2cccs2)nc1C. The van der Waals surface area contributed by atoms with E-state index in [0.717, 1.165) is 21.8 Å². The Kier molecular flexibility index (Phi) is 4.49. The highest BCUT2D eigenvalue weighted by atomic mass is 32.1. The van der Waals surface area contributed by atoms with Gasteiger partial charge in [0.1, 0.15) is 0 Å². The van der Waals surface area contributed by atoms with Gasteiger partial charge in [0, 0.05) is 12.2 Å². The van der Waals surface area contributed by atoms with Crippen molar-refractivity contribution < 1.29 is 14.3 Å². The van der Waals surface area contributed by atoms with Gasteiger partial charge in [-0.05, 0) is 60.7 Å². The molecule has 3 aromatic rings. The molecular weight excluding hydrogens is 360 g/mol. The molecule has 0 spiro atoms. The fourth-order valence-corrected chi connectivity index (χ4v) is 4.05. The number of thiophene rings is 1. The van der Waals surface area contributed by atoms with Crippen LogP contribution in [0.2, 0.25) is 0 Å². The first-order chi connectivity index (χ1) is 13.1. The fourth-order valence-electron chi connectivity index (χ4n) is 3.35. The second kappa shape index (κ2) is 6.96. The number of hydrogen-bond acceptors (Lipinski definition) is 5. The number of pyridine rings is 1. The third kappa shape index (κ3) is 3.13. The van der Waals surface area contributed by atoms with Crippen LogP contribution in [0.3, 0.4) is 0 Å². The summed E-state index contributed by atoms with van der Waals surface area (Å²) in [6.45, 7) is 2.45. The summed E-state index contributed by atoms with van der Waals surface area (Å²) in [5, 5.41) is 2.01. The van der Waals surface area contributed by atoms with Crippen LogP contribution in [0.25, 0.3) is 10.6 Å². The molecule has 1 aliphatic heterocycles. The number of esters is 1. The molecular formula is C21H18N2O3S. The van der Waals surface area contributed by atoms with Gasteiger partial charge in [-0.1, -0.05) is 6.07 Å². The largest absolute Gasteiger partial charge is 0.465 e. The molecule has 2 aromatic heterocycles. The average molecular weight is 378 g/mol. The number of aryl methyl sites for hydroxylation is 1. The maximum Gasteiger partial charge on any atom is 0.337 e. The minimum atomic E-state index is -0.369. The Balaban J connectivity index is 1.63. The molecule has 0 radical (unpaired) electrons. The number of hydrogen-bond donors (Lipinski definition) is 0. The van der Waals surface area contributed by atoms with E-state index in [1.807, 2.05) is 42.6 Å². The van der Waals surface area contributed by atoms with Crippen molar-refractivity contribution in [2.24, 2.45) is 0 Å². The number of nitrogens with zero attached hydrogens (tertiary/aromatic N) is 2. The van der Waals surface area contributed by atoms with Gasteiger partial charge in [-0.2, -0.15) is 0 Å². The number of ether oxygens (including phenoxy) is 1. The zero-order valence-corrected chi connectivity index (χ0v) is 15.9. The summed E-state index contributed by atoms with van der Waals surface area (Å²) in [7, 11) is 1.36. The predicted octanol–water partition coefficient (Wildman–Crippen LogP) is 4.11. The van der Waals surface area contributed by atoms with Gasteiger partial charge in [-0.15, -0.1) is 11.3 Å². The van der Waals surface area contributed by atoms with Gasteiger partial charge in [-0.3, -0.25) is 9.78 Å². The van der Waals surface area contributed by atoms with E-state index in [1.54, 1.807) is 28.4 Å². The number of anilines is 1. The van der Waals surface area contributed by atoms with Crippen LogP contribution in [0.15, 0.2) is 47.8 Å². The van der Waals surface area contributed by atoms with Gasteiger partial charge in [0.05, 0.1) is 34.5 Å². The topological polar surface area (TPSA) is 59.5 Å². The molecule has 1 aliphatic rings. The molecule has 6 heteroatoms. The molecule has 0 N–H and O–H groups in total. The molecule has 0 atom stereocenters. The highest BCUT2D eigenvalue weighted by Crippen LogP contribution is 2.31. The van der Waals surface area contributed by atoms with Gasteiger partial charge in [0.2, 0.25) is 0 Å². The molecule has 0 saturated carbocycles. The molecule has 136 valence electrons. The van der Waals surface area contributed by atoms with Crippen LogP contribution in [0, 0.1) is 6.92 Å². The first-order valence-corrected chi connectivity index (χ1v) is 9.51. The number of aromatic nitrogens is 1. The first kappa shape index (κ1) is 17.4. The number of amides is 1. The second-order valence-electron chi connectivity index (χ2n) is 6.35. The van der Waals surface area contributed by atoms with E-state index in [2.05, 4.69) is 4.98 Å². The van der Waals surface area contributed by atoms with Crippen molar-refractivity contribution in [3.8, 4) is 10.6 Å². The minimum absolute atomic E-state index is 0.0673. The van der Waals surface area contributed by atoms with Gasteiger partial charge in [0.15, 0.2) is 0 Å². The van der Waals surface area contributed by atoms with Crippen molar-refractivity contribution in [2.75, 3.05) is 18.6 Å². The highest BCUT2D eigenvalue weighted by Gasteiger charge is 2.27. The standard InChI is InChI=1S/C21H18N2O3S/c1-13-16(6-7-17(22-13)19-4-3-11-27-19)20(24)23-10-9-14-12-15(21(25)26-2)5-8-18(14)23/h3-8,11-12H,9-10H2,1-2H3. The summed E-state index contributed by atoms with van der Waals surface area (Å²) < 4.78 is 4.77. The van der Waals surface area contributed by atoms with Crippen LogP contribution in [-0.4, -0.2) is 30.5 Å². The van der Waals surface area contributed by atoms with E-state index in [1.165, 1.54) is 7.11 Å². The van der Waals surface area contributed by atoms with Crippen molar-refractivity contribution in [1.29, 1.82) is 0 Å². The van der Waals surface area contributed by atoms with Crippen LogP contribution in [0.5, 0.6) is 0 Å². The molecule has 0 fully saturated rings. The smallest absolute Gasteiger partial charge is 0.337 e. The van der Waals surface area contributed by atoms with Gasteiger partial charge >= 0.3 is 5.97 Å². The Bertz CT molecular complexity index is 1030. The lowest BCUT2D eigenvalue weighted by atomic mass is 10.1. The molecule has 5 nitrogen and oxygen atoms in total. The number of benzene rings is 1. The zero-order chi connectivity index (χ0) is 19.0. The van der Waals surface area contributed by atoms with Gasteiger partial charge < -0.3 is 9.64 Å². The zero-order valence-electron chi connectivity index (χ0n) is 15.1. The Morgan fingerprint density at radius 3 is 2.74 bits per heavy atom. The average Bonchev–Trinajstić information content (AvgIpc) is 3.36. The third-order valence-corrected chi connectivity index (χ3v) is 5.62. The Morgan fingerprint density at radius 1 is 1.19 bits per heavy atom. The molecule has 0 aliphatic carbocycles. The summed E-state index contributed by atoms with van der Waals surface area (Å²) in [5.41, 5.74) is 4.51. The summed E-state index contributed by atoms with van der Waals surface area (Å²) >= 11 is 1.62. The van der Waals surface area contributed by atoms with Crippen LogP contribution < -0.4 is 4.90 Å². The van der Waals surface area contributed by atoms with E-state index in [-0.39, 0.29) is 11.9 Å². The monoisotopic (exact) mass is 378 g/mol. The maximum atomic E-state index is 13.1. The Labute approximate surface area is 161 Å². The molecule has 0 bridgehead atoms. The van der Waals surface area contributed by atoms with Crippen molar-refractivity contribution in [3.63, 3.8) is 0 Å². The number of carbonyl (C=O) groups is 2. The third-order valence-electron chi connectivity index (χ3n) is 4.73. The van der Waals surface area contributed by atoms with E-state index in [4.69, 9.17) is 4.74 Å². The summed E-state index contributed by atoms with van der Waals surface area (Å²) in [6, 6.07) is 13.1. The predicted molar refractivity (Wildman–Crippen MR) is 105 cm³/mol. The van der Waals surface area contributed by atoms with E-state index in [9.17, 15) is 9.59 Å². The molecule has 3 heterocycles. The van der Waals surface area contributed by atoms with Gasteiger partial charge in [-0.25, -0.2) is 4.79 Å². The van der Waals surface area contributed by atoms with E-state index >= 15 is 0 Å². The Hall–Kier alpha value is -2.99. The van der Waals surface area contributed by atoms with E-state index in [0.29, 0.717) is 29.8 Å². The number of fused-ring (bicyclic) bond motifs is 1.